The lowest BCUT2D eigenvalue weighted by atomic mass is 9.99. The molecule has 0 aromatic heterocycles. The zero-order chi connectivity index (χ0) is 26.5. The normalized spacial score (nSPS) is 15.5. The second-order valence-electron chi connectivity index (χ2n) is 12.4. The van der Waals surface area contributed by atoms with Gasteiger partial charge in [-0.05, 0) is 6.42 Å². The summed E-state index contributed by atoms with van der Waals surface area (Å²) in [6.45, 7) is 2.98. The predicted octanol–water partition coefficient (Wildman–Crippen LogP) is 12.3. The maximum Gasteiger partial charge on any atom is 0.306 e. The van der Waals surface area contributed by atoms with Gasteiger partial charge in [0, 0.05) is 5.92 Å². The highest BCUT2D eigenvalue weighted by atomic mass is 16.5. The minimum Gasteiger partial charge on any atom is -0.465 e. The SMILES string of the molecule is CCCCCCCCCCCCCCCCCCCCCCCCCCCCCCCC1COC(=O)C1. The molecule has 1 rings (SSSR count). The second kappa shape index (κ2) is 28.5. The lowest BCUT2D eigenvalue weighted by molar-refractivity contribution is -0.137. The van der Waals surface area contributed by atoms with E-state index in [4.69, 9.17) is 4.74 Å². The van der Waals surface area contributed by atoms with Crippen LogP contribution in [0.2, 0.25) is 0 Å². The predicted molar refractivity (Wildman–Crippen MR) is 163 cm³/mol. The van der Waals surface area contributed by atoms with Crippen molar-refractivity contribution in [2.45, 2.75) is 206 Å². The molecule has 2 heteroatoms. The van der Waals surface area contributed by atoms with E-state index in [1.165, 1.54) is 193 Å². The second-order valence-corrected chi connectivity index (χ2v) is 12.4. The summed E-state index contributed by atoms with van der Waals surface area (Å²) in [5.41, 5.74) is 0. The standard InChI is InChI=1S/C35H68O2/c1-2-3-4-5-6-7-8-9-10-11-12-13-14-15-16-17-18-19-20-21-22-23-24-25-26-27-28-29-30-31-34-32-35(36)37-33-34/h34H,2-33H2,1H3. The van der Waals surface area contributed by atoms with Gasteiger partial charge in [0.2, 0.25) is 0 Å². The van der Waals surface area contributed by atoms with E-state index in [1.807, 2.05) is 0 Å². The van der Waals surface area contributed by atoms with Crippen LogP contribution in [0.3, 0.4) is 0 Å². The van der Waals surface area contributed by atoms with E-state index >= 15 is 0 Å². The highest BCUT2D eigenvalue weighted by Crippen LogP contribution is 2.21. The molecule has 1 atom stereocenters. The van der Waals surface area contributed by atoms with Crippen LogP contribution in [0.15, 0.2) is 0 Å². The molecule has 1 fully saturated rings. The van der Waals surface area contributed by atoms with E-state index in [-0.39, 0.29) is 5.97 Å². The molecule has 0 spiro atoms. The monoisotopic (exact) mass is 521 g/mol. The van der Waals surface area contributed by atoms with Crippen LogP contribution in [0.25, 0.3) is 0 Å². The van der Waals surface area contributed by atoms with Crippen LogP contribution >= 0.6 is 0 Å². The van der Waals surface area contributed by atoms with Gasteiger partial charge >= 0.3 is 5.97 Å². The van der Waals surface area contributed by atoms with Crippen molar-refractivity contribution in [3.05, 3.63) is 0 Å². The quantitative estimate of drug-likeness (QED) is 0.0695. The van der Waals surface area contributed by atoms with Crippen molar-refractivity contribution in [2.75, 3.05) is 6.61 Å². The number of hydrogen-bond acceptors (Lipinski definition) is 2. The molecule has 0 N–H and O–H groups in total. The summed E-state index contributed by atoms with van der Waals surface area (Å²) in [7, 11) is 0. The molecule has 0 radical (unpaired) electrons. The van der Waals surface area contributed by atoms with E-state index in [0.717, 1.165) is 0 Å². The molecule has 1 saturated heterocycles. The summed E-state index contributed by atoms with van der Waals surface area (Å²) >= 11 is 0. The van der Waals surface area contributed by atoms with Crippen LogP contribution in [0.4, 0.5) is 0 Å². The molecule has 0 bridgehead atoms. The zero-order valence-electron chi connectivity index (χ0n) is 25.5. The number of carbonyl (C=O) groups is 1. The molecule has 2 nitrogen and oxygen atoms in total. The number of ether oxygens (including phenoxy) is 1. The number of cyclic esters (lactones) is 1. The van der Waals surface area contributed by atoms with Crippen LogP contribution in [0.5, 0.6) is 0 Å². The Bertz CT molecular complexity index is 460. The number of rotatable bonds is 30. The van der Waals surface area contributed by atoms with Crippen LogP contribution in [0, 0.1) is 5.92 Å². The summed E-state index contributed by atoms with van der Waals surface area (Å²) in [5.74, 6) is 0.529. The topological polar surface area (TPSA) is 26.3 Å². The molecule has 1 heterocycles. The average Bonchev–Trinajstić information content (AvgIpc) is 3.32. The van der Waals surface area contributed by atoms with Gasteiger partial charge in [-0.3, -0.25) is 4.79 Å². The molecule has 0 aliphatic carbocycles. The third-order valence-electron chi connectivity index (χ3n) is 8.65. The average molecular weight is 521 g/mol. The Morgan fingerprint density at radius 2 is 0.730 bits per heavy atom. The minimum atomic E-state index is 0.0143. The van der Waals surface area contributed by atoms with Crippen molar-refractivity contribution in [1.82, 2.24) is 0 Å². The molecule has 1 aliphatic heterocycles. The molecule has 37 heavy (non-hydrogen) atoms. The van der Waals surface area contributed by atoms with Gasteiger partial charge in [0.15, 0.2) is 0 Å². The number of hydrogen-bond donors (Lipinski definition) is 0. The van der Waals surface area contributed by atoms with Crippen molar-refractivity contribution in [1.29, 1.82) is 0 Å². The first-order chi connectivity index (χ1) is 18.3. The molecule has 0 aromatic rings. The molecule has 0 saturated carbocycles. The molecule has 0 amide bonds. The summed E-state index contributed by atoms with van der Waals surface area (Å²) < 4.78 is 5.04. The molecule has 1 unspecified atom stereocenters. The fraction of sp³-hybridized carbons (Fsp3) is 0.971. The fourth-order valence-electron chi connectivity index (χ4n) is 6.03. The van der Waals surface area contributed by atoms with Gasteiger partial charge in [0.1, 0.15) is 0 Å². The maximum absolute atomic E-state index is 11.1. The van der Waals surface area contributed by atoms with E-state index in [2.05, 4.69) is 6.92 Å². The van der Waals surface area contributed by atoms with Gasteiger partial charge in [-0.25, -0.2) is 0 Å². The van der Waals surface area contributed by atoms with Gasteiger partial charge in [-0.1, -0.05) is 193 Å². The molecule has 0 aromatic carbocycles. The number of unbranched alkanes of at least 4 members (excludes halogenated alkanes) is 28. The van der Waals surface area contributed by atoms with Gasteiger partial charge in [0.05, 0.1) is 13.0 Å². The van der Waals surface area contributed by atoms with E-state index in [1.54, 1.807) is 0 Å². The van der Waals surface area contributed by atoms with Crippen molar-refractivity contribution in [2.24, 2.45) is 5.92 Å². The van der Waals surface area contributed by atoms with Crippen LogP contribution < -0.4 is 0 Å². The Morgan fingerprint density at radius 1 is 0.459 bits per heavy atom. The van der Waals surface area contributed by atoms with Gasteiger partial charge in [0.25, 0.3) is 0 Å². The van der Waals surface area contributed by atoms with Gasteiger partial charge in [-0.2, -0.15) is 0 Å². The number of esters is 1. The van der Waals surface area contributed by atoms with Crippen molar-refractivity contribution < 1.29 is 9.53 Å². The summed E-state index contributed by atoms with van der Waals surface area (Å²) in [6, 6.07) is 0. The highest BCUT2D eigenvalue weighted by Gasteiger charge is 2.22. The Morgan fingerprint density at radius 3 is 0.973 bits per heavy atom. The summed E-state index contributed by atoms with van der Waals surface area (Å²) in [4.78, 5) is 11.1. The largest absolute Gasteiger partial charge is 0.465 e. The fourth-order valence-corrected chi connectivity index (χ4v) is 6.03. The Labute approximate surface area is 233 Å². The molecule has 220 valence electrons. The van der Waals surface area contributed by atoms with E-state index in [0.29, 0.717) is 18.9 Å². The van der Waals surface area contributed by atoms with E-state index < -0.39 is 0 Å². The number of carbonyl (C=O) groups excluding carboxylic acids is 1. The van der Waals surface area contributed by atoms with Crippen molar-refractivity contribution >= 4 is 5.97 Å². The molecular weight excluding hydrogens is 452 g/mol. The third kappa shape index (κ3) is 25.5. The molecule has 1 aliphatic rings. The maximum atomic E-state index is 11.1. The summed E-state index contributed by atoms with van der Waals surface area (Å²) in [6.07, 6.45) is 43.9. The van der Waals surface area contributed by atoms with E-state index in [9.17, 15) is 4.79 Å². The van der Waals surface area contributed by atoms with Crippen LogP contribution in [-0.4, -0.2) is 12.6 Å². The minimum absolute atomic E-state index is 0.0143. The van der Waals surface area contributed by atoms with Crippen LogP contribution in [0.1, 0.15) is 206 Å². The molecular formula is C35H68O2. The van der Waals surface area contributed by atoms with Crippen LogP contribution in [-0.2, 0) is 9.53 Å². The first-order valence-electron chi connectivity index (χ1n) is 17.5. The Kier molecular flexibility index (Phi) is 26.6. The highest BCUT2D eigenvalue weighted by molar-refractivity contribution is 5.71. The van der Waals surface area contributed by atoms with Crippen molar-refractivity contribution in [3.63, 3.8) is 0 Å². The zero-order valence-corrected chi connectivity index (χ0v) is 25.5. The smallest absolute Gasteiger partial charge is 0.306 e. The van der Waals surface area contributed by atoms with Gasteiger partial charge in [-0.15, -0.1) is 0 Å². The van der Waals surface area contributed by atoms with Gasteiger partial charge < -0.3 is 4.74 Å². The Hall–Kier alpha value is -0.530. The first-order valence-corrected chi connectivity index (χ1v) is 17.5. The first kappa shape index (κ1) is 34.5. The third-order valence-corrected chi connectivity index (χ3v) is 8.65. The lowest BCUT2D eigenvalue weighted by Crippen LogP contribution is -1.98. The lowest BCUT2D eigenvalue weighted by Gasteiger charge is -2.06. The summed E-state index contributed by atoms with van der Waals surface area (Å²) in [5, 5.41) is 0. The van der Waals surface area contributed by atoms with Crippen molar-refractivity contribution in [3.8, 4) is 0 Å². The Balaban J connectivity index is 1.61.